The van der Waals surface area contributed by atoms with E-state index in [1.54, 1.807) is 0 Å². The fourth-order valence-electron chi connectivity index (χ4n) is 6.49. The fourth-order valence-corrected chi connectivity index (χ4v) is 6.49. The monoisotopic (exact) mass is 514 g/mol. The average Bonchev–Trinajstić information content (AvgIpc) is 3.38. The predicted molar refractivity (Wildman–Crippen MR) is 161 cm³/mol. The van der Waals surface area contributed by atoms with Crippen LogP contribution in [0.25, 0.3) is 0 Å². The number of nitrogens with one attached hydrogen (secondary N) is 2. The number of pyridine rings is 1. The van der Waals surface area contributed by atoms with E-state index in [9.17, 15) is 0 Å². The Morgan fingerprint density at radius 1 is 1.03 bits per heavy atom. The first-order valence-electron chi connectivity index (χ1n) is 14.4. The lowest BCUT2D eigenvalue weighted by Crippen LogP contribution is -2.39. The first kappa shape index (κ1) is 26.8. The summed E-state index contributed by atoms with van der Waals surface area (Å²) in [5.74, 6) is 1.59. The molecule has 6 nitrogen and oxygen atoms in total. The number of nitrogens with zero attached hydrogens (tertiary/aromatic N) is 4. The maximum atomic E-state index is 4.39. The lowest BCUT2D eigenvalue weighted by atomic mass is 9.69. The molecule has 5 rings (SSSR count). The highest BCUT2D eigenvalue weighted by Crippen LogP contribution is 2.41. The van der Waals surface area contributed by atoms with E-state index in [-0.39, 0.29) is 5.41 Å². The third-order valence-electron chi connectivity index (χ3n) is 9.18. The number of piperidine rings is 1. The van der Waals surface area contributed by atoms with Gasteiger partial charge in [0.1, 0.15) is 5.82 Å². The molecule has 6 heteroatoms. The number of likely N-dealkylation sites (tertiary alicyclic amines) is 2. The molecule has 0 bridgehead atoms. The van der Waals surface area contributed by atoms with Crippen LogP contribution in [0.5, 0.6) is 0 Å². The van der Waals surface area contributed by atoms with Crippen molar-refractivity contribution in [2.75, 3.05) is 62.9 Å². The first-order chi connectivity index (χ1) is 18.3. The zero-order valence-corrected chi connectivity index (χ0v) is 24.0. The molecule has 1 aromatic carbocycles. The van der Waals surface area contributed by atoms with Gasteiger partial charge in [0.05, 0.1) is 11.4 Å². The van der Waals surface area contributed by atoms with Gasteiger partial charge in [-0.05, 0) is 112 Å². The van der Waals surface area contributed by atoms with Crippen molar-refractivity contribution in [3.05, 3.63) is 71.6 Å². The number of anilines is 3. The molecule has 0 radical (unpaired) electrons. The van der Waals surface area contributed by atoms with Crippen LogP contribution in [0.4, 0.5) is 17.2 Å². The van der Waals surface area contributed by atoms with E-state index in [0.717, 1.165) is 18.9 Å². The maximum Gasteiger partial charge on any atom is 0.125 e. The van der Waals surface area contributed by atoms with Gasteiger partial charge < -0.3 is 20.4 Å². The van der Waals surface area contributed by atoms with E-state index >= 15 is 0 Å². The standard InChI is InChI=1S/C32H46N6/c1-32(2,26-13-18-36(4)19-14-26)27-10-11-30(28(21-27)35-22-24-12-15-34-31(20-24)33-3)38-17-6-8-25(23-38)29-9-7-16-37(29)5/h6,8,10-12,15,20-21,23,26,29,35H,7,9,13-14,16-19,22H2,1-5H3,(H,33,34). The van der Waals surface area contributed by atoms with Gasteiger partial charge in [-0.25, -0.2) is 4.98 Å². The van der Waals surface area contributed by atoms with Crippen molar-refractivity contribution >= 4 is 17.2 Å². The van der Waals surface area contributed by atoms with Crippen molar-refractivity contribution in [2.45, 2.75) is 57.5 Å². The molecule has 0 amide bonds. The molecule has 3 aliphatic rings. The molecule has 204 valence electrons. The summed E-state index contributed by atoms with van der Waals surface area (Å²) in [5.41, 5.74) is 6.65. The quantitative estimate of drug-likeness (QED) is 0.471. The van der Waals surface area contributed by atoms with E-state index in [4.69, 9.17) is 0 Å². The molecular formula is C32H46N6. The number of hydrogen-bond donors (Lipinski definition) is 2. The SMILES string of the molecule is CNc1cc(CNc2cc(C(C)(C)C3CCN(C)CC3)ccc2N2C=C(C3CCCN3C)C=CC2)ccn1. The number of benzene rings is 1. The lowest BCUT2D eigenvalue weighted by Gasteiger charge is -2.40. The van der Waals surface area contributed by atoms with Gasteiger partial charge in [0, 0.05) is 38.6 Å². The molecule has 2 aromatic rings. The summed E-state index contributed by atoms with van der Waals surface area (Å²) in [4.78, 5) is 11.8. The molecule has 2 saturated heterocycles. The van der Waals surface area contributed by atoms with Gasteiger partial charge in [-0.3, -0.25) is 4.90 Å². The Balaban J connectivity index is 1.45. The molecular weight excluding hydrogens is 468 g/mol. The minimum Gasteiger partial charge on any atom is -0.379 e. The maximum absolute atomic E-state index is 4.39. The van der Waals surface area contributed by atoms with E-state index in [0.29, 0.717) is 12.0 Å². The van der Waals surface area contributed by atoms with Crippen LogP contribution in [0.3, 0.4) is 0 Å². The second kappa shape index (κ2) is 11.5. The summed E-state index contributed by atoms with van der Waals surface area (Å²) in [6.07, 6.45) is 14.0. The van der Waals surface area contributed by atoms with E-state index < -0.39 is 0 Å². The molecule has 2 N–H and O–H groups in total. The summed E-state index contributed by atoms with van der Waals surface area (Å²) in [6, 6.07) is 11.9. The molecule has 1 aromatic heterocycles. The van der Waals surface area contributed by atoms with E-state index in [2.05, 4.69) is 107 Å². The predicted octanol–water partition coefficient (Wildman–Crippen LogP) is 5.71. The number of hydrogen-bond acceptors (Lipinski definition) is 6. The molecule has 2 fully saturated rings. The molecule has 0 spiro atoms. The van der Waals surface area contributed by atoms with Gasteiger partial charge in [-0.1, -0.05) is 32.1 Å². The molecule has 0 saturated carbocycles. The Morgan fingerprint density at radius 2 is 1.84 bits per heavy atom. The van der Waals surface area contributed by atoms with Gasteiger partial charge in [0.15, 0.2) is 0 Å². The second-order valence-electron chi connectivity index (χ2n) is 12.0. The Hall–Kier alpha value is -2.83. The van der Waals surface area contributed by atoms with Gasteiger partial charge in [-0.2, -0.15) is 0 Å². The van der Waals surface area contributed by atoms with Crippen LogP contribution < -0.4 is 15.5 Å². The summed E-state index contributed by atoms with van der Waals surface area (Å²) >= 11 is 0. The van der Waals surface area contributed by atoms with Crippen LogP contribution in [0.15, 0.2) is 60.5 Å². The first-order valence-corrected chi connectivity index (χ1v) is 14.4. The normalized spacial score (nSPS) is 21.6. The van der Waals surface area contributed by atoms with Crippen molar-refractivity contribution in [1.82, 2.24) is 14.8 Å². The largest absolute Gasteiger partial charge is 0.379 e. The van der Waals surface area contributed by atoms with Gasteiger partial charge in [-0.15, -0.1) is 0 Å². The lowest BCUT2D eigenvalue weighted by molar-refractivity contribution is 0.163. The molecule has 3 aliphatic heterocycles. The van der Waals surface area contributed by atoms with Crippen LogP contribution in [0.1, 0.15) is 50.7 Å². The summed E-state index contributed by atoms with van der Waals surface area (Å²) in [7, 11) is 6.42. The topological polar surface area (TPSA) is 46.7 Å². The number of likely N-dealkylation sites (N-methyl/N-ethyl adjacent to an activating group) is 1. The molecule has 1 unspecified atom stereocenters. The Morgan fingerprint density at radius 3 is 2.58 bits per heavy atom. The van der Waals surface area contributed by atoms with E-state index in [1.807, 2.05) is 13.2 Å². The van der Waals surface area contributed by atoms with Crippen molar-refractivity contribution in [2.24, 2.45) is 5.92 Å². The molecule has 4 heterocycles. The minimum atomic E-state index is 0.127. The number of aromatic nitrogens is 1. The van der Waals surface area contributed by atoms with Gasteiger partial charge >= 0.3 is 0 Å². The molecule has 0 aliphatic carbocycles. The van der Waals surface area contributed by atoms with Crippen molar-refractivity contribution < 1.29 is 0 Å². The Bertz CT molecular complexity index is 1160. The third-order valence-corrected chi connectivity index (χ3v) is 9.18. The highest BCUT2D eigenvalue weighted by Gasteiger charge is 2.34. The van der Waals surface area contributed by atoms with Crippen LogP contribution in [0.2, 0.25) is 0 Å². The highest BCUT2D eigenvalue weighted by atomic mass is 15.2. The van der Waals surface area contributed by atoms with Crippen LogP contribution >= 0.6 is 0 Å². The van der Waals surface area contributed by atoms with Crippen molar-refractivity contribution in [1.29, 1.82) is 0 Å². The van der Waals surface area contributed by atoms with Crippen LogP contribution in [-0.2, 0) is 12.0 Å². The summed E-state index contributed by atoms with van der Waals surface area (Å²) in [5, 5.41) is 6.99. The van der Waals surface area contributed by atoms with Crippen LogP contribution in [-0.4, -0.2) is 68.1 Å². The molecule has 38 heavy (non-hydrogen) atoms. The van der Waals surface area contributed by atoms with E-state index in [1.165, 1.54) is 73.4 Å². The Kier molecular flexibility index (Phi) is 8.10. The average molecular weight is 515 g/mol. The van der Waals surface area contributed by atoms with Crippen molar-refractivity contribution in [3.63, 3.8) is 0 Å². The summed E-state index contributed by atoms with van der Waals surface area (Å²) in [6.45, 7) is 10.1. The third kappa shape index (κ3) is 5.76. The molecule has 1 atom stereocenters. The van der Waals surface area contributed by atoms with Gasteiger partial charge in [0.2, 0.25) is 0 Å². The zero-order valence-electron chi connectivity index (χ0n) is 24.0. The smallest absolute Gasteiger partial charge is 0.125 e. The minimum absolute atomic E-state index is 0.127. The highest BCUT2D eigenvalue weighted by molar-refractivity contribution is 5.74. The zero-order chi connectivity index (χ0) is 26.7. The summed E-state index contributed by atoms with van der Waals surface area (Å²) < 4.78 is 0. The fraction of sp³-hybridized carbons (Fsp3) is 0.531. The van der Waals surface area contributed by atoms with Gasteiger partial charge in [0.25, 0.3) is 0 Å². The second-order valence-corrected chi connectivity index (χ2v) is 12.0. The Labute approximate surface area is 229 Å². The number of rotatable bonds is 8. The van der Waals surface area contributed by atoms with Crippen LogP contribution in [0, 0.1) is 5.92 Å². The van der Waals surface area contributed by atoms with Crippen molar-refractivity contribution in [3.8, 4) is 0 Å².